The summed E-state index contributed by atoms with van der Waals surface area (Å²) in [5.41, 5.74) is -0.141. The van der Waals surface area contributed by atoms with Gasteiger partial charge >= 0.3 is 0 Å². The number of Topliss-reactive ketones (excluding diaryl/α,β-unsaturated/α-hetero) is 2. The number of carbonyl (C=O) groups is 4. The molecule has 1 aliphatic heterocycles. The lowest BCUT2D eigenvalue weighted by Crippen LogP contribution is -2.46. The molecule has 5 rings (SSSR count). The van der Waals surface area contributed by atoms with Crippen LogP contribution in [0.25, 0.3) is 10.8 Å². The number of pyridine rings is 1. The molecule has 230 valence electrons. The van der Waals surface area contributed by atoms with Crippen molar-refractivity contribution in [2.24, 2.45) is 17.3 Å². The summed E-state index contributed by atoms with van der Waals surface area (Å²) in [4.78, 5) is 58.9. The Bertz CT molecular complexity index is 1580. The van der Waals surface area contributed by atoms with Gasteiger partial charge in [-0.1, -0.05) is 37.6 Å². The maximum absolute atomic E-state index is 13.9. The number of likely N-dealkylation sites (tertiary alicyclic amines) is 1. The molecule has 0 radical (unpaired) electrons. The molecule has 0 spiro atoms. The number of ether oxygens (including phenoxy) is 1. The lowest BCUT2D eigenvalue weighted by molar-refractivity contribution is -0.142. The third-order valence-corrected chi connectivity index (χ3v) is 10.8. The summed E-state index contributed by atoms with van der Waals surface area (Å²) < 4.78 is 33.6. The molecule has 1 N–H and O–H groups in total. The van der Waals surface area contributed by atoms with E-state index >= 15 is 0 Å². The van der Waals surface area contributed by atoms with Crippen LogP contribution in [0.3, 0.4) is 0 Å². The number of hydrogen-bond donors (Lipinski definition) is 1. The second kappa shape index (κ2) is 11.8. The molecular weight excluding hydrogens is 570 g/mol. The summed E-state index contributed by atoms with van der Waals surface area (Å²) in [5.74, 6) is -2.02. The molecule has 3 fully saturated rings. The minimum atomic E-state index is -3.80. The average Bonchev–Trinajstić information content (AvgIpc) is 3.89. The SMILES string of the molecule is C=C[C@H]1C[C@]1(CC(=O)[C@@H]1C[C@@H](Oc2nccc3cc(C)ccc23)CN1C(=O)[C@@H](C)CC(=O)CC)C(=O)NS(=O)(=O)C1CC1. The standard InChI is InChI=1S/C32H39N3O7S/c1-5-22-16-32(22,31(39)34-43(40,41)25-8-9-25)17-28(37)27-15-24(18-35(27)30(38)20(4)14-23(36)6-2)42-29-26-10-7-19(3)13-21(26)11-12-33-29/h5,7,10-13,20,22,24-25,27H,1,6,8-9,14-18H2,2-4H3,(H,34,39)/t20-,22-,24+,27-,32+/m0/s1. The smallest absolute Gasteiger partial charge is 0.240 e. The van der Waals surface area contributed by atoms with Gasteiger partial charge in [0.2, 0.25) is 27.7 Å². The molecule has 2 aliphatic carbocycles. The second-order valence-corrected chi connectivity index (χ2v) is 14.3. The second-order valence-electron chi connectivity index (χ2n) is 12.3. The van der Waals surface area contributed by atoms with Crippen LogP contribution in [0.15, 0.2) is 43.1 Å². The Morgan fingerprint density at radius 3 is 2.63 bits per heavy atom. The predicted octanol–water partition coefficient (Wildman–Crippen LogP) is 3.66. The Kier molecular flexibility index (Phi) is 8.48. The summed E-state index contributed by atoms with van der Waals surface area (Å²) in [5, 5.41) is 1.18. The maximum atomic E-state index is 13.9. The van der Waals surface area contributed by atoms with E-state index in [1.807, 2.05) is 31.2 Å². The van der Waals surface area contributed by atoms with Crippen LogP contribution in [0.1, 0.15) is 64.4 Å². The van der Waals surface area contributed by atoms with E-state index in [9.17, 15) is 27.6 Å². The fourth-order valence-corrected chi connectivity index (χ4v) is 7.50. The molecule has 0 unspecified atom stereocenters. The number of nitrogens with one attached hydrogen (secondary N) is 1. The van der Waals surface area contributed by atoms with E-state index in [0.717, 1.165) is 16.3 Å². The molecule has 10 nitrogen and oxygen atoms in total. The van der Waals surface area contributed by atoms with Crippen molar-refractivity contribution in [2.45, 2.75) is 83.1 Å². The van der Waals surface area contributed by atoms with Gasteiger partial charge in [-0.15, -0.1) is 6.58 Å². The molecule has 43 heavy (non-hydrogen) atoms. The van der Waals surface area contributed by atoms with Crippen molar-refractivity contribution in [1.29, 1.82) is 0 Å². The number of amides is 2. The highest BCUT2D eigenvalue weighted by molar-refractivity contribution is 7.90. The van der Waals surface area contributed by atoms with Gasteiger partial charge in [0.05, 0.1) is 23.3 Å². The first kappa shape index (κ1) is 30.8. The summed E-state index contributed by atoms with van der Waals surface area (Å²) in [6, 6.07) is 6.89. The number of allylic oxidation sites excluding steroid dienone is 1. The summed E-state index contributed by atoms with van der Waals surface area (Å²) in [7, 11) is -3.80. The fourth-order valence-electron chi connectivity index (χ4n) is 6.12. The lowest BCUT2D eigenvalue weighted by Gasteiger charge is -2.27. The summed E-state index contributed by atoms with van der Waals surface area (Å²) >= 11 is 0. The third-order valence-electron chi connectivity index (χ3n) is 8.99. The number of aromatic nitrogens is 1. The zero-order chi connectivity index (χ0) is 31.1. The Morgan fingerprint density at radius 2 is 1.98 bits per heavy atom. The number of nitrogens with zero attached hydrogens (tertiary/aromatic N) is 2. The predicted molar refractivity (Wildman–Crippen MR) is 161 cm³/mol. The van der Waals surface area contributed by atoms with Crippen molar-refractivity contribution < 1.29 is 32.3 Å². The number of sulfonamides is 1. The zero-order valence-corrected chi connectivity index (χ0v) is 25.7. The minimum Gasteiger partial charge on any atom is -0.472 e. The number of benzene rings is 1. The van der Waals surface area contributed by atoms with Crippen molar-refractivity contribution in [3.63, 3.8) is 0 Å². The van der Waals surface area contributed by atoms with Crippen LogP contribution in [0.4, 0.5) is 0 Å². The van der Waals surface area contributed by atoms with Crippen LogP contribution < -0.4 is 9.46 Å². The van der Waals surface area contributed by atoms with Gasteiger partial charge in [-0.05, 0) is 49.6 Å². The van der Waals surface area contributed by atoms with Crippen LogP contribution in [0.5, 0.6) is 5.88 Å². The number of fused-ring (bicyclic) bond motifs is 1. The topological polar surface area (TPSA) is 140 Å². The quantitative estimate of drug-likeness (QED) is 0.340. The van der Waals surface area contributed by atoms with E-state index in [1.165, 1.54) is 4.90 Å². The molecule has 0 bridgehead atoms. The molecular formula is C32H39N3O7S. The van der Waals surface area contributed by atoms with Gasteiger partial charge < -0.3 is 9.64 Å². The van der Waals surface area contributed by atoms with Crippen molar-refractivity contribution >= 4 is 44.2 Å². The lowest BCUT2D eigenvalue weighted by atomic mass is 9.91. The summed E-state index contributed by atoms with van der Waals surface area (Å²) in [6.45, 7) is 9.30. The molecule has 11 heteroatoms. The first-order valence-corrected chi connectivity index (χ1v) is 16.5. The average molecular weight is 610 g/mol. The zero-order valence-electron chi connectivity index (χ0n) is 24.9. The van der Waals surface area contributed by atoms with E-state index in [4.69, 9.17) is 4.74 Å². The van der Waals surface area contributed by atoms with E-state index < -0.39 is 44.7 Å². The number of hydrogen-bond acceptors (Lipinski definition) is 8. The highest BCUT2D eigenvalue weighted by Crippen LogP contribution is 2.57. The number of carbonyl (C=O) groups excluding carboxylic acids is 4. The Morgan fingerprint density at radius 1 is 1.23 bits per heavy atom. The Hall–Kier alpha value is -3.60. The van der Waals surface area contributed by atoms with Crippen molar-refractivity contribution in [3.05, 3.63) is 48.7 Å². The van der Waals surface area contributed by atoms with E-state index in [-0.39, 0.29) is 49.2 Å². The molecule has 2 amide bonds. The maximum Gasteiger partial charge on any atom is 0.240 e. The van der Waals surface area contributed by atoms with Gasteiger partial charge in [-0.3, -0.25) is 23.9 Å². The normalized spacial score (nSPS) is 25.7. The van der Waals surface area contributed by atoms with Gasteiger partial charge in [-0.25, -0.2) is 13.4 Å². The Balaban J connectivity index is 1.38. The molecule has 1 saturated heterocycles. The third kappa shape index (κ3) is 6.37. The van der Waals surface area contributed by atoms with Crippen molar-refractivity contribution in [2.75, 3.05) is 6.54 Å². The minimum absolute atomic E-state index is 0.0507. The summed E-state index contributed by atoms with van der Waals surface area (Å²) in [6.07, 6.45) is 4.30. The number of ketones is 2. The molecule has 1 aromatic carbocycles. The molecule has 1 aromatic heterocycles. The van der Waals surface area contributed by atoms with Gasteiger partial charge in [0.25, 0.3) is 0 Å². The van der Waals surface area contributed by atoms with Crippen LogP contribution >= 0.6 is 0 Å². The van der Waals surface area contributed by atoms with Crippen LogP contribution in [-0.2, 0) is 29.2 Å². The van der Waals surface area contributed by atoms with Crippen LogP contribution in [-0.4, -0.2) is 65.6 Å². The highest BCUT2D eigenvalue weighted by Gasteiger charge is 2.61. The van der Waals surface area contributed by atoms with Crippen LogP contribution in [0.2, 0.25) is 0 Å². The largest absolute Gasteiger partial charge is 0.472 e. The van der Waals surface area contributed by atoms with Crippen molar-refractivity contribution in [3.8, 4) is 5.88 Å². The first-order chi connectivity index (χ1) is 20.4. The van der Waals surface area contributed by atoms with Crippen molar-refractivity contribution in [1.82, 2.24) is 14.6 Å². The molecule has 2 aromatic rings. The Labute approximate surface area is 252 Å². The van der Waals surface area contributed by atoms with Gasteiger partial charge in [0.15, 0.2) is 5.78 Å². The molecule has 2 heterocycles. The number of aryl methyl sites for hydroxylation is 1. The van der Waals surface area contributed by atoms with Crippen LogP contribution in [0, 0.1) is 24.2 Å². The van der Waals surface area contributed by atoms with Gasteiger partial charge in [-0.2, -0.15) is 0 Å². The monoisotopic (exact) mass is 609 g/mol. The van der Waals surface area contributed by atoms with E-state index in [0.29, 0.717) is 31.6 Å². The molecule has 5 atom stereocenters. The fraction of sp³-hybridized carbons (Fsp3) is 0.531. The number of rotatable bonds is 13. The van der Waals surface area contributed by atoms with E-state index in [2.05, 4.69) is 16.3 Å². The molecule has 2 saturated carbocycles. The van der Waals surface area contributed by atoms with Gasteiger partial charge in [0, 0.05) is 43.2 Å². The first-order valence-electron chi connectivity index (χ1n) is 14.9. The van der Waals surface area contributed by atoms with E-state index in [1.54, 1.807) is 26.1 Å². The highest BCUT2D eigenvalue weighted by atomic mass is 32.2. The molecule has 3 aliphatic rings. The van der Waals surface area contributed by atoms with Gasteiger partial charge in [0.1, 0.15) is 11.9 Å².